The smallest absolute Gasteiger partial charge is 0.261 e. The van der Waals surface area contributed by atoms with Gasteiger partial charge in [0.25, 0.3) is 5.56 Å². The largest absolute Gasteiger partial charge is 0.338 e. The number of amides is 1. The molecule has 1 saturated heterocycles. The second-order valence-corrected chi connectivity index (χ2v) is 8.96. The zero-order chi connectivity index (χ0) is 22.2. The molecule has 1 aliphatic rings. The van der Waals surface area contributed by atoms with Crippen LogP contribution in [0.25, 0.3) is 10.9 Å². The first-order valence-corrected chi connectivity index (χ1v) is 10.9. The number of carbonyl (C=O) groups is 1. The monoisotopic (exact) mass is 448 g/mol. The fraction of sp³-hybridized carbons (Fsp3) is 0.250. The zero-order valence-corrected chi connectivity index (χ0v) is 17.1. The molecule has 0 atom stereocenters. The SMILES string of the molecule is O=C(Cn1cnc2ccc(F)cc2c1=O)N1CCN(S(=O)(=O)c2ccccc2F)CC1. The van der Waals surface area contributed by atoms with Gasteiger partial charge in [0.05, 0.1) is 17.2 Å². The standard InChI is InChI=1S/C20H18F2N4O4S/c21-14-5-6-17-15(11-14)20(28)25(13-23-17)12-19(27)24-7-9-26(10-8-24)31(29,30)18-4-2-1-3-16(18)22/h1-6,11,13H,7-10,12H2. The number of nitrogens with zero attached hydrogens (tertiary/aromatic N) is 4. The molecular weight excluding hydrogens is 430 g/mol. The maximum absolute atomic E-state index is 13.9. The van der Waals surface area contributed by atoms with Crippen LogP contribution in [0.4, 0.5) is 8.78 Å². The minimum atomic E-state index is -4.02. The van der Waals surface area contributed by atoms with E-state index in [2.05, 4.69) is 4.98 Å². The maximum atomic E-state index is 13.9. The van der Waals surface area contributed by atoms with Gasteiger partial charge in [-0.25, -0.2) is 22.2 Å². The first-order valence-electron chi connectivity index (χ1n) is 9.44. The number of rotatable bonds is 4. The predicted octanol–water partition coefficient (Wildman–Crippen LogP) is 1.21. The van der Waals surface area contributed by atoms with Crippen LogP contribution in [0.15, 0.2) is 58.5 Å². The molecule has 4 rings (SSSR count). The Kier molecular flexibility index (Phi) is 5.54. The van der Waals surface area contributed by atoms with Gasteiger partial charge in [0.15, 0.2) is 0 Å². The Morgan fingerprint density at radius 3 is 2.45 bits per heavy atom. The molecule has 1 fully saturated rings. The van der Waals surface area contributed by atoms with E-state index in [4.69, 9.17) is 0 Å². The van der Waals surface area contributed by atoms with Crippen LogP contribution in [0.2, 0.25) is 0 Å². The lowest BCUT2D eigenvalue weighted by atomic mass is 10.2. The van der Waals surface area contributed by atoms with Crippen molar-refractivity contribution >= 4 is 26.8 Å². The Balaban J connectivity index is 1.46. The Labute approximate surface area is 176 Å². The van der Waals surface area contributed by atoms with Crippen LogP contribution < -0.4 is 5.56 Å². The van der Waals surface area contributed by atoms with Crippen molar-refractivity contribution in [3.8, 4) is 0 Å². The van der Waals surface area contributed by atoms with Crippen molar-refractivity contribution in [1.29, 1.82) is 0 Å². The van der Waals surface area contributed by atoms with Gasteiger partial charge in [-0.05, 0) is 30.3 Å². The molecule has 1 aliphatic heterocycles. The summed E-state index contributed by atoms with van der Waals surface area (Å²) in [4.78, 5) is 30.3. The highest BCUT2D eigenvalue weighted by atomic mass is 32.2. The lowest BCUT2D eigenvalue weighted by Crippen LogP contribution is -2.51. The fourth-order valence-electron chi connectivity index (χ4n) is 3.46. The van der Waals surface area contributed by atoms with E-state index in [0.29, 0.717) is 5.52 Å². The Morgan fingerprint density at radius 1 is 1.03 bits per heavy atom. The molecule has 0 N–H and O–H groups in total. The van der Waals surface area contributed by atoms with Gasteiger partial charge in [-0.3, -0.25) is 14.2 Å². The molecule has 0 radical (unpaired) electrons. The van der Waals surface area contributed by atoms with Gasteiger partial charge in [0.2, 0.25) is 15.9 Å². The molecule has 31 heavy (non-hydrogen) atoms. The normalized spacial score (nSPS) is 15.4. The summed E-state index contributed by atoms with van der Waals surface area (Å²) >= 11 is 0. The summed E-state index contributed by atoms with van der Waals surface area (Å²) in [5.41, 5.74) is -0.222. The molecule has 0 unspecified atom stereocenters. The third kappa shape index (κ3) is 4.06. The summed E-state index contributed by atoms with van der Waals surface area (Å²) in [6, 6.07) is 8.77. The topological polar surface area (TPSA) is 92.6 Å². The van der Waals surface area contributed by atoms with Crippen molar-refractivity contribution in [2.24, 2.45) is 0 Å². The first-order chi connectivity index (χ1) is 14.8. The Morgan fingerprint density at radius 2 is 1.74 bits per heavy atom. The number of hydrogen-bond acceptors (Lipinski definition) is 5. The number of piperazine rings is 1. The third-order valence-electron chi connectivity index (χ3n) is 5.14. The average molecular weight is 448 g/mol. The molecule has 1 amide bonds. The molecule has 11 heteroatoms. The van der Waals surface area contributed by atoms with Gasteiger partial charge in [-0.15, -0.1) is 0 Å². The number of hydrogen-bond donors (Lipinski definition) is 0. The molecule has 0 bridgehead atoms. The van der Waals surface area contributed by atoms with Gasteiger partial charge in [-0.1, -0.05) is 12.1 Å². The van der Waals surface area contributed by atoms with Crippen LogP contribution in [0.3, 0.4) is 0 Å². The van der Waals surface area contributed by atoms with Crippen molar-refractivity contribution in [2.75, 3.05) is 26.2 Å². The van der Waals surface area contributed by atoms with E-state index in [-0.39, 0.29) is 38.1 Å². The minimum absolute atomic E-state index is 0.00150. The van der Waals surface area contributed by atoms with Crippen LogP contribution in [-0.2, 0) is 21.4 Å². The second-order valence-electron chi connectivity index (χ2n) is 7.05. The molecule has 0 aliphatic carbocycles. The van der Waals surface area contributed by atoms with Crippen LogP contribution in [0, 0.1) is 11.6 Å². The molecular formula is C20H18F2N4O4S. The lowest BCUT2D eigenvalue weighted by Gasteiger charge is -2.34. The van der Waals surface area contributed by atoms with E-state index in [0.717, 1.165) is 21.0 Å². The van der Waals surface area contributed by atoms with E-state index in [1.54, 1.807) is 0 Å². The molecule has 0 spiro atoms. The maximum Gasteiger partial charge on any atom is 0.261 e. The van der Waals surface area contributed by atoms with E-state index < -0.39 is 38.0 Å². The van der Waals surface area contributed by atoms with Crippen LogP contribution in [0.5, 0.6) is 0 Å². The molecule has 0 saturated carbocycles. The Bertz CT molecular complexity index is 1320. The third-order valence-corrected chi connectivity index (χ3v) is 7.07. The molecule has 2 aromatic carbocycles. The summed E-state index contributed by atoms with van der Waals surface area (Å²) in [7, 11) is -4.02. The quantitative estimate of drug-likeness (QED) is 0.598. The van der Waals surface area contributed by atoms with E-state index >= 15 is 0 Å². The number of aromatic nitrogens is 2. The van der Waals surface area contributed by atoms with Crippen molar-refractivity contribution < 1.29 is 22.0 Å². The van der Waals surface area contributed by atoms with Crippen molar-refractivity contribution in [1.82, 2.24) is 18.8 Å². The summed E-state index contributed by atoms with van der Waals surface area (Å²) in [6.07, 6.45) is 1.22. The second kappa shape index (κ2) is 8.16. The van der Waals surface area contributed by atoms with Crippen LogP contribution in [-0.4, -0.2) is 59.3 Å². The van der Waals surface area contributed by atoms with Crippen molar-refractivity contribution in [3.05, 3.63) is 70.8 Å². The number of sulfonamides is 1. The number of carbonyl (C=O) groups excluding carboxylic acids is 1. The molecule has 8 nitrogen and oxygen atoms in total. The van der Waals surface area contributed by atoms with Crippen LogP contribution >= 0.6 is 0 Å². The number of benzene rings is 2. The van der Waals surface area contributed by atoms with Gasteiger partial charge in [0.1, 0.15) is 23.1 Å². The lowest BCUT2D eigenvalue weighted by molar-refractivity contribution is -0.133. The van der Waals surface area contributed by atoms with Crippen LogP contribution in [0.1, 0.15) is 0 Å². The van der Waals surface area contributed by atoms with E-state index in [9.17, 15) is 26.8 Å². The highest BCUT2D eigenvalue weighted by molar-refractivity contribution is 7.89. The van der Waals surface area contributed by atoms with Crippen molar-refractivity contribution in [2.45, 2.75) is 11.4 Å². The van der Waals surface area contributed by atoms with Crippen molar-refractivity contribution in [3.63, 3.8) is 0 Å². The first kappa shape index (κ1) is 21.1. The van der Waals surface area contributed by atoms with E-state index in [1.165, 1.54) is 41.6 Å². The highest BCUT2D eigenvalue weighted by Gasteiger charge is 2.31. The molecule has 1 aromatic heterocycles. The molecule has 3 aromatic rings. The summed E-state index contributed by atoms with van der Waals surface area (Å²) in [6.45, 7) is -0.122. The zero-order valence-electron chi connectivity index (χ0n) is 16.2. The average Bonchev–Trinajstić information content (AvgIpc) is 2.76. The number of halogens is 2. The number of fused-ring (bicyclic) bond motifs is 1. The molecule has 162 valence electrons. The molecule has 2 heterocycles. The van der Waals surface area contributed by atoms with Gasteiger partial charge in [0, 0.05) is 26.2 Å². The van der Waals surface area contributed by atoms with Gasteiger partial charge in [-0.2, -0.15) is 4.31 Å². The van der Waals surface area contributed by atoms with Gasteiger partial charge >= 0.3 is 0 Å². The summed E-state index contributed by atoms with van der Waals surface area (Å²) in [5, 5.41) is 0.0658. The van der Waals surface area contributed by atoms with Gasteiger partial charge < -0.3 is 4.90 Å². The highest BCUT2D eigenvalue weighted by Crippen LogP contribution is 2.20. The minimum Gasteiger partial charge on any atom is -0.338 e. The summed E-state index contributed by atoms with van der Waals surface area (Å²) in [5.74, 6) is -1.81. The predicted molar refractivity (Wildman–Crippen MR) is 108 cm³/mol. The van der Waals surface area contributed by atoms with E-state index in [1.807, 2.05) is 0 Å². The Hall–Kier alpha value is -3.18. The fourth-order valence-corrected chi connectivity index (χ4v) is 4.95. The summed E-state index contributed by atoms with van der Waals surface area (Å²) < 4.78 is 54.9.